The zero-order chi connectivity index (χ0) is 25.2. The van der Waals surface area contributed by atoms with Gasteiger partial charge in [-0.25, -0.2) is 9.48 Å². The molecule has 35 heavy (non-hydrogen) atoms. The van der Waals surface area contributed by atoms with Gasteiger partial charge in [0.05, 0.1) is 12.1 Å². The standard InChI is InChI=1S/C27H33N5O3/c1-6-31(26(33)35-27(3,4)5)17-20-15-29-16-22(18(20)2)19-10-11-24-21(13-19)23(14-28)30-32(24)25-9-7-8-12-34-25/h10-11,13,15-16,25H,6-9,12,17H2,1-5H3. The number of benzene rings is 1. The minimum Gasteiger partial charge on any atom is -0.444 e. The first kappa shape index (κ1) is 24.7. The number of carbonyl (C=O) groups is 1. The molecule has 0 spiro atoms. The second-order valence-corrected chi connectivity index (χ2v) is 9.92. The minimum atomic E-state index is -0.555. The van der Waals surface area contributed by atoms with Gasteiger partial charge in [-0.3, -0.25) is 4.98 Å². The number of carbonyl (C=O) groups excluding carboxylic acids is 1. The van der Waals surface area contributed by atoms with Gasteiger partial charge in [-0.2, -0.15) is 10.4 Å². The number of nitriles is 1. The molecule has 8 nitrogen and oxygen atoms in total. The fraction of sp³-hybridized carbons (Fsp3) is 0.481. The molecule has 1 saturated heterocycles. The van der Waals surface area contributed by atoms with Crippen LogP contribution in [-0.2, 0) is 16.0 Å². The highest BCUT2D eigenvalue weighted by Crippen LogP contribution is 2.32. The zero-order valence-corrected chi connectivity index (χ0v) is 21.2. The predicted molar refractivity (Wildman–Crippen MR) is 134 cm³/mol. The molecule has 1 atom stereocenters. The van der Waals surface area contributed by atoms with Crippen molar-refractivity contribution in [2.24, 2.45) is 0 Å². The van der Waals surface area contributed by atoms with Crippen LogP contribution in [0.3, 0.4) is 0 Å². The lowest BCUT2D eigenvalue weighted by atomic mass is 9.97. The van der Waals surface area contributed by atoms with Crippen LogP contribution in [0, 0.1) is 18.3 Å². The van der Waals surface area contributed by atoms with Crippen LogP contribution in [0.15, 0.2) is 30.6 Å². The third-order valence-corrected chi connectivity index (χ3v) is 6.27. The first-order chi connectivity index (χ1) is 16.7. The summed E-state index contributed by atoms with van der Waals surface area (Å²) in [4.78, 5) is 18.8. The molecule has 1 unspecified atom stereocenters. The van der Waals surface area contributed by atoms with Crippen molar-refractivity contribution in [3.05, 3.63) is 47.4 Å². The van der Waals surface area contributed by atoms with E-state index < -0.39 is 5.60 Å². The van der Waals surface area contributed by atoms with Crippen LogP contribution in [0.5, 0.6) is 0 Å². The van der Waals surface area contributed by atoms with Crippen molar-refractivity contribution >= 4 is 17.0 Å². The molecule has 4 rings (SSSR count). The summed E-state index contributed by atoms with van der Waals surface area (Å²) in [6.07, 6.45) is 6.16. The highest BCUT2D eigenvalue weighted by molar-refractivity contribution is 5.89. The van der Waals surface area contributed by atoms with E-state index in [9.17, 15) is 10.1 Å². The predicted octanol–water partition coefficient (Wildman–Crippen LogP) is 5.73. The van der Waals surface area contributed by atoms with E-state index in [1.807, 2.05) is 63.7 Å². The number of hydrogen-bond acceptors (Lipinski definition) is 6. The topological polar surface area (TPSA) is 93.3 Å². The average molecular weight is 476 g/mol. The Morgan fingerprint density at radius 3 is 2.77 bits per heavy atom. The molecular formula is C27H33N5O3. The highest BCUT2D eigenvalue weighted by atomic mass is 16.6. The molecule has 2 aromatic heterocycles. The van der Waals surface area contributed by atoms with Crippen LogP contribution in [-0.4, -0.2) is 44.5 Å². The Morgan fingerprint density at radius 2 is 2.11 bits per heavy atom. The fourth-order valence-electron chi connectivity index (χ4n) is 4.38. The summed E-state index contributed by atoms with van der Waals surface area (Å²) < 4.78 is 13.3. The molecule has 1 aliphatic heterocycles. The summed E-state index contributed by atoms with van der Waals surface area (Å²) in [5.41, 5.74) is 4.60. The van der Waals surface area contributed by atoms with Gasteiger partial charge >= 0.3 is 6.09 Å². The maximum Gasteiger partial charge on any atom is 0.410 e. The van der Waals surface area contributed by atoms with Crippen LogP contribution in [0.25, 0.3) is 22.0 Å². The van der Waals surface area contributed by atoms with Gasteiger partial charge in [0.2, 0.25) is 0 Å². The molecular weight excluding hydrogens is 442 g/mol. The first-order valence-corrected chi connectivity index (χ1v) is 12.2. The Balaban J connectivity index is 1.67. The highest BCUT2D eigenvalue weighted by Gasteiger charge is 2.23. The van der Waals surface area contributed by atoms with Crippen LogP contribution >= 0.6 is 0 Å². The van der Waals surface area contributed by atoms with Crippen LogP contribution in [0.2, 0.25) is 0 Å². The number of fused-ring (bicyclic) bond motifs is 1. The molecule has 3 aromatic rings. The van der Waals surface area contributed by atoms with E-state index in [0.29, 0.717) is 25.4 Å². The van der Waals surface area contributed by atoms with E-state index in [1.165, 1.54) is 0 Å². The van der Waals surface area contributed by atoms with Crippen molar-refractivity contribution in [1.82, 2.24) is 19.7 Å². The van der Waals surface area contributed by atoms with Gasteiger partial charge in [0.15, 0.2) is 11.9 Å². The fourth-order valence-corrected chi connectivity index (χ4v) is 4.38. The zero-order valence-electron chi connectivity index (χ0n) is 21.2. The second kappa shape index (κ2) is 10.0. The second-order valence-electron chi connectivity index (χ2n) is 9.92. The van der Waals surface area contributed by atoms with Crippen molar-refractivity contribution in [2.75, 3.05) is 13.2 Å². The molecule has 8 heteroatoms. The van der Waals surface area contributed by atoms with Crippen LogP contribution in [0.1, 0.15) is 70.0 Å². The number of pyridine rings is 1. The molecule has 3 heterocycles. The Kier molecular flexibility index (Phi) is 7.08. The number of aromatic nitrogens is 3. The smallest absolute Gasteiger partial charge is 0.410 e. The number of nitrogens with zero attached hydrogens (tertiary/aromatic N) is 5. The Bertz CT molecular complexity index is 1260. The summed E-state index contributed by atoms with van der Waals surface area (Å²) >= 11 is 0. The summed E-state index contributed by atoms with van der Waals surface area (Å²) in [6, 6.07) is 8.27. The van der Waals surface area contributed by atoms with Crippen molar-refractivity contribution in [2.45, 2.75) is 72.3 Å². The number of ether oxygens (including phenoxy) is 2. The van der Waals surface area contributed by atoms with Gasteiger partial charge in [0, 0.05) is 36.5 Å². The van der Waals surface area contributed by atoms with E-state index in [0.717, 1.165) is 52.4 Å². The molecule has 0 aliphatic carbocycles. The minimum absolute atomic E-state index is 0.140. The number of rotatable bonds is 5. The number of amides is 1. The lowest BCUT2D eigenvalue weighted by Crippen LogP contribution is -2.36. The van der Waals surface area contributed by atoms with Crippen LogP contribution < -0.4 is 0 Å². The molecule has 0 radical (unpaired) electrons. The Morgan fingerprint density at radius 1 is 1.31 bits per heavy atom. The van der Waals surface area contributed by atoms with E-state index in [4.69, 9.17) is 9.47 Å². The molecule has 0 N–H and O–H groups in total. The normalized spacial score (nSPS) is 16.2. The van der Waals surface area contributed by atoms with Crippen molar-refractivity contribution < 1.29 is 14.3 Å². The van der Waals surface area contributed by atoms with Crippen LogP contribution in [0.4, 0.5) is 4.79 Å². The molecule has 1 amide bonds. The van der Waals surface area contributed by atoms with E-state index in [-0.39, 0.29) is 12.3 Å². The third-order valence-electron chi connectivity index (χ3n) is 6.27. The van der Waals surface area contributed by atoms with Crippen molar-refractivity contribution in [1.29, 1.82) is 5.26 Å². The quantitative estimate of drug-likeness (QED) is 0.467. The Labute approximate surface area is 206 Å². The first-order valence-electron chi connectivity index (χ1n) is 12.2. The SMILES string of the molecule is CCN(Cc1cncc(-c2ccc3c(c2)c(C#N)nn3C2CCCCO2)c1C)C(=O)OC(C)(C)C. The van der Waals surface area contributed by atoms with Crippen molar-refractivity contribution in [3.63, 3.8) is 0 Å². The average Bonchev–Trinajstić information content (AvgIpc) is 3.21. The largest absolute Gasteiger partial charge is 0.444 e. The van der Waals surface area contributed by atoms with E-state index in [1.54, 1.807) is 11.1 Å². The van der Waals surface area contributed by atoms with Gasteiger partial charge in [-0.15, -0.1) is 0 Å². The third kappa shape index (κ3) is 5.30. The van der Waals surface area contributed by atoms with Gasteiger partial charge < -0.3 is 14.4 Å². The van der Waals surface area contributed by atoms with E-state index in [2.05, 4.69) is 16.2 Å². The summed E-state index contributed by atoms with van der Waals surface area (Å²) in [7, 11) is 0. The molecule has 0 bridgehead atoms. The monoisotopic (exact) mass is 475 g/mol. The maximum atomic E-state index is 12.6. The molecule has 1 aliphatic rings. The maximum absolute atomic E-state index is 12.6. The molecule has 184 valence electrons. The van der Waals surface area contributed by atoms with E-state index >= 15 is 0 Å². The van der Waals surface area contributed by atoms with Gasteiger partial charge in [-0.1, -0.05) is 6.07 Å². The number of hydrogen-bond donors (Lipinski definition) is 0. The lowest BCUT2D eigenvalue weighted by molar-refractivity contribution is -0.0367. The van der Waals surface area contributed by atoms with Gasteiger partial charge in [0.25, 0.3) is 0 Å². The van der Waals surface area contributed by atoms with Crippen molar-refractivity contribution in [3.8, 4) is 17.2 Å². The summed E-state index contributed by atoms with van der Waals surface area (Å²) in [5, 5.41) is 15.1. The van der Waals surface area contributed by atoms with Gasteiger partial charge in [0.1, 0.15) is 11.7 Å². The lowest BCUT2D eigenvalue weighted by Gasteiger charge is -2.27. The Hall–Kier alpha value is -3.44. The molecule has 0 saturated carbocycles. The molecule has 1 aromatic carbocycles. The molecule has 1 fully saturated rings. The summed E-state index contributed by atoms with van der Waals surface area (Å²) in [6.45, 7) is 11.2. The summed E-state index contributed by atoms with van der Waals surface area (Å²) in [5.74, 6) is 0. The van der Waals surface area contributed by atoms with Gasteiger partial charge in [-0.05, 0) is 82.7 Å².